The van der Waals surface area contributed by atoms with Gasteiger partial charge in [0, 0.05) is 18.0 Å². The van der Waals surface area contributed by atoms with Crippen LogP contribution in [0.3, 0.4) is 0 Å². The summed E-state index contributed by atoms with van der Waals surface area (Å²) in [6.07, 6.45) is 0. The Labute approximate surface area is 112 Å². The van der Waals surface area contributed by atoms with Gasteiger partial charge in [-0.1, -0.05) is 19.9 Å². The van der Waals surface area contributed by atoms with Gasteiger partial charge in [0.15, 0.2) is 5.82 Å². The SMILES string of the molecule is Cn1nc(-c2cccs2)nc1C(C)(C)C(C)(C)N. The lowest BCUT2D eigenvalue weighted by Crippen LogP contribution is -2.51. The summed E-state index contributed by atoms with van der Waals surface area (Å²) >= 11 is 1.65. The molecule has 0 aliphatic rings. The van der Waals surface area contributed by atoms with Crippen molar-refractivity contribution in [3.05, 3.63) is 23.3 Å². The van der Waals surface area contributed by atoms with Gasteiger partial charge in [0.25, 0.3) is 0 Å². The zero-order chi connectivity index (χ0) is 13.6. The van der Waals surface area contributed by atoms with E-state index in [2.05, 4.69) is 23.9 Å². The average Bonchev–Trinajstić information content (AvgIpc) is 2.83. The van der Waals surface area contributed by atoms with E-state index >= 15 is 0 Å². The number of thiophene rings is 1. The summed E-state index contributed by atoms with van der Waals surface area (Å²) in [5.41, 5.74) is 5.66. The molecule has 2 aromatic heterocycles. The van der Waals surface area contributed by atoms with E-state index in [1.807, 2.05) is 43.1 Å². The van der Waals surface area contributed by atoms with E-state index in [1.54, 1.807) is 11.3 Å². The number of aromatic nitrogens is 3. The maximum Gasteiger partial charge on any atom is 0.191 e. The average molecular weight is 264 g/mol. The Hall–Kier alpha value is -1.20. The Morgan fingerprint density at radius 1 is 1.28 bits per heavy atom. The van der Waals surface area contributed by atoms with Crippen molar-refractivity contribution < 1.29 is 0 Å². The van der Waals surface area contributed by atoms with Gasteiger partial charge in [-0.2, -0.15) is 5.10 Å². The van der Waals surface area contributed by atoms with Crippen LogP contribution in [0.5, 0.6) is 0 Å². The van der Waals surface area contributed by atoms with Gasteiger partial charge < -0.3 is 5.73 Å². The highest BCUT2D eigenvalue weighted by molar-refractivity contribution is 7.13. The topological polar surface area (TPSA) is 56.7 Å². The van der Waals surface area contributed by atoms with Crippen molar-refractivity contribution in [2.24, 2.45) is 12.8 Å². The van der Waals surface area contributed by atoms with Crippen LogP contribution < -0.4 is 5.73 Å². The van der Waals surface area contributed by atoms with Gasteiger partial charge in [-0.3, -0.25) is 4.68 Å². The fourth-order valence-electron chi connectivity index (χ4n) is 1.73. The van der Waals surface area contributed by atoms with E-state index in [0.29, 0.717) is 0 Å². The van der Waals surface area contributed by atoms with Crippen LogP contribution in [0.15, 0.2) is 17.5 Å². The first kappa shape index (κ1) is 13.2. The summed E-state index contributed by atoms with van der Waals surface area (Å²) in [6, 6.07) is 4.04. The zero-order valence-corrected chi connectivity index (χ0v) is 12.4. The van der Waals surface area contributed by atoms with Crippen LogP contribution in [0.2, 0.25) is 0 Å². The number of hydrogen-bond donors (Lipinski definition) is 1. The predicted molar refractivity (Wildman–Crippen MR) is 75.6 cm³/mol. The molecule has 0 aromatic carbocycles. The molecule has 0 fully saturated rings. The van der Waals surface area contributed by atoms with E-state index in [-0.39, 0.29) is 11.0 Å². The number of nitrogens with zero attached hydrogens (tertiary/aromatic N) is 3. The lowest BCUT2D eigenvalue weighted by atomic mass is 9.74. The van der Waals surface area contributed by atoms with E-state index in [1.165, 1.54) is 0 Å². The Balaban J connectivity index is 2.48. The van der Waals surface area contributed by atoms with Crippen LogP contribution in [-0.2, 0) is 12.5 Å². The van der Waals surface area contributed by atoms with Crippen molar-refractivity contribution in [1.29, 1.82) is 0 Å². The molecule has 0 bridgehead atoms. The minimum atomic E-state index is -0.361. The molecule has 0 saturated carbocycles. The minimum Gasteiger partial charge on any atom is -0.325 e. The first-order valence-corrected chi connectivity index (χ1v) is 6.86. The summed E-state index contributed by atoms with van der Waals surface area (Å²) in [5.74, 6) is 1.69. The molecule has 0 aliphatic heterocycles. The fraction of sp³-hybridized carbons (Fsp3) is 0.538. The summed E-state index contributed by atoms with van der Waals surface area (Å²) < 4.78 is 1.84. The van der Waals surface area contributed by atoms with Crippen molar-refractivity contribution in [3.8, 4) is 10.7 Å². The van der Waals surface area contributed by atoms with Gasteiger partial charge in [-0.05, 0) is 25.3 Å². The van der Waals surface area contributed by atoms with Gasteiger partial charge in [0.05, 0.1) is 4.88 Å². The molecular formula is C13H20N4S. The molecule has 0 unspecified atom stereocenters. The standard InChI is InChI=1S/C13H20N4S/c1-12(2,13(3,4)14)11-15-10(16-17(11)5)9-7-6-8-18-9/h6-8H,14H2,1-5H3. The third-order valence-electron chi connectivity index (χ3n) is 3.67. The molecule has 0 amide bonds. The molecule has 2 aromatic rings. The highest BCUT2D eigenvalue weighted by Crippen LogP contribution is 2.33. The molecule has 0 aliphatic carbocycles. The van der Waals surface area contributed by atoms with E-state index in [9.17, 15) is 0 Å². The van der Waals surface area contributed by atoms with Crippen LogP contribution in [0, 0.1) is 0 Å². The Bertz CT molecular complexity index is 532. The maximum absolute atomic E-state index is 6.26. The van der Waals surface area contributed by atoms with Crippen molar-refractivity contribution in [3.63, 3.8) is 0 Å². The number of rotatable bonds is 3. The molecule has 18 heavy (non-hydrogen) atoms. The lowest BCUT2D eigenvalue weighted by molar-refractivity contribution is 0.282. The largest absolute Gasteiger partial charge is 0.325 e. The summed E-state index contributed by atoms with van der Waals surface area (Å²) in [4.78, 5) is 5.76. The molecule has 0 spiro atoms. The van der Waals surface area contributed by atoms with Crippen LogP contribution in [0.1, 0.15) is 33.5 Å². The highest BCUT2D eigenvalue weighted by Gasteiger charge is 2.39. The molecule has 2 N–H and O–H groups in total. The molecule has 0 saturated heterocycles. The molecule has 2 rings (SSSR count). The molecule has 0 atom stereocenters. The van der Waals surface area contributed by atoms with Gasteiger partial charge in [-0.15, -0.1) is 11.3 Å². The normalized spacial score (nSPS) is 13.0. The quantitative estimate of drug-likeness (QED) is 0.927. The number of hydrogen-bond acceptors (Lipinski definition) is 4. The molecular weight excluding hydrogens is 244 g/mol. The van der Waals surface area contributed by atoms with Crippen molar-refractivity contribution in [1.82, 2.24) is 14.8 Å². The highest BCUT2D eigenvalue weighted by atomic mass is 32.1. The Morgan fingerprint density at radius 3 is 2.44 bits per heavy atom. The number of aryl methyl sites for hydroxylation is 1. The molecule has 98 valence electrons. The van der Waals surface area contributed by atoms with Crippen LogP contribution >= 0.6 is 11.3 Å². The second-order valence-corrected chi connectivity index (χ2v) is 6.65. The summed E-state index contributed by atoms with van der Waals surface area (Å²) in [5, 5.41) is 6.52. The van der Waals surface area contributed by atoms with Crippen molar-refractivity contribution in [2.75, 3.05) is 0 Å². The second kappa shape index (κ2) is 4.17. The Morgan fingerprint density at radius 2 is 1.94 bits per heavy atom. The second-order valence-electron chi connectivity index (χ2n) is 5.71. The Kier molecular flexibility index (Phi) is 3.07. The maximum atomic E-state index is 6.26. The van der Waals surface area contributed by atoms with Crippen LogP contribution in [0.25, 0.3) is 10.7 Å². The van der Waals surface area contributed by atoms with E-state index in [0.717, 1.165) is 16.5 Å². The first-order chi connectivity index (χ1) is 8.23. The zero-order valence-electron chi connectivity index (χ0n) is 11.6. The number of nitrogens with two attached hydrogens (primary N) is 1. The van der Waals surface area contributed by atoms with Crippen LogP contribution in [0.4, 0.5) is 0 Å². The lowest BCUT2D eigenvalue weighted by Gasteiger charge is -2.37. The van der Waals surface area contributed by atoms with E-state index < -0.39 is 0 Å². The first-order valence-electron chi connectivity index (χ1n) is 5.98. The van der Waals surface area contributed by atoms with E-state index in [4.69, 9.17) is 5.73 Å². The van der Waals surface area contributed by atoms with Gasteiger partial charge in [-0.25, -0.2) is 4.98 Å². The van der Waals surface area contributed by atoms with Crippen molar-refractivity contribution in [2.45, 2.75) is 38.6 Å². The van der Waals surface area contributed by atoms with Gasteiger partial charge >= 0.3 is 0 Å². The third kappa shape index (κ3) is 2.08. The van der Waals surface area contributed by atoms with Crippen molar-refractivity contribution >= 4 is 11.3 Å². The smallest absolute Gasteiger partial charge is 0.191 e. The predicted octanol–water partition coefficient (Wildman–Crippen LogP) is 2.56. The molecule has 5 heteroatoms. The van der Waals surface area contributed by atoms with Gasteiger partial charge in [0.2, 0.25) is 0 Å². The summed E-state index contributed by atoms with van der Waals surface area (Å²) in [6.45, 7) is 8.25. The molecule has 4 nitrogen and oxygen atoms in total. The third-order valence-corrected chi connectivity index (χ3v) is 4.54. The fourth-order valence-corrected chi connectivity index (χ4v) is 2.38. The van der Waals surface area contributed by atoms with Gasteiger partial charge in [0.1, 0.15) is 5.82 Å². The molecule has 0 radical (unpaired) electrons. The minimum absolute atomic E-state index is 0.246. The summed E-state index contributed by atoms with van der Waals surface area (Å²) in [7, 11) is 1.92. The van der Waals surface area contributed by atoms with Crippen LogP contribution in [-0.4, -0.2) is 20.3 Å². The monoisotopic (exact) mass is 264 g/mol. The molecule has 2 heterocycles.